The number of ketones is 1. The molecule has 0 aromatic carbocycles. The lowest BCUT2D eigenvalue weighted by atomic mass is 9.79. The van der Waals surface area contributed by atoms with Crippen molar-refractivity contribution in [1.29, 1.82) is 0 Å². The Hall–Kier alpha value is -2.25. The number of carbonyl (C=O) groups is 3. The van der Waals surface area contributed by atoms with Crippen LogP contribution in [0.2, 0.25) is 0 Å². The minimum absolute atomic E-state index is 0.0804. The van der Waals surface area contributed by atoms with Gasteiger partial charge in [-0.05, 0) is 32.4 Å². The van der Waals surface area contributed by atoms with E-state index >= 15 is 0 Å². The van der Waals surface area contributed by atoms with Crippen LogP contribution >= 0.6 is 0 Å². The van der Waals surface area contributed by atoms with E-state index in [4.69, 9.17) is 9.47 Å². The summed E-state index contributed by atoms with van der Waals surface area (Å²) in [5.74, 6) is -2.74. The maximum atomic E-state index is 12.4. The second kappa shape index (κ2) is 7.17. The predicted octanol–water partition coefficient (Wildman–Crippen LogP) is 0.993. The molecular weight excluding hydrogens is 340 g/mol. The van der Waals surface area contributed by atoms with Gasteiger partial charge in [0.05, 0.1) is 12.0 Å². The summed E-state index contributed by atoms with van der Waals surface area (Å²) < 4.78 is 10.7. The topological polar surface area (TPSA) is 110 Å². The average Bonchev–Trinajstić information content (AvgIpc) is 2.79. The maximum Gasteiger partial charge on any atom is 0.334 e. The maximum absolute atomic E-state index is 12.4. The van der Waals surface area contributed by atoms with Crippen LogP contribution < -0.4 is 0 Å². The highest BCUT2D eigenvalue weighted by molar-refractivity contribution is 5.92. The third-order valence-electron chi connectivity index (χ3n) is 4.80. The van der Waals surface area contributed by atoms with Gasteiger partial charge in [0.1, 0.15) is 17.8 Å². The first-order chi connectivity index (χ1) is 11.9. The number of carbonyl (C=O) groups excluding carboxylic acids is 3. The summed E-state index contributed by atoms with van der Waals surface area (Å²) in [7, 11) is 0. The standard InChI is InChI=1S/C19H24O7/c1-9(2)17(22)26-14-8-19(5,24)15(21)7-12(20)10(3)6-13-16(14)11(4)18(23)25-13/h6,12-14,16,20,24H,1,4,7-8H2,2-3,5H3/b10-6+/t12-,13+,14-,16-,19+/m0/s1. The van der Waals surface area contributed by atoms with Crippen molar-refractivity contribution in [1.82, 2.24) is 0 Å². The zero-order valence-corrected chi connectivity index (χ0v) is 15.2. The Morgan fingerprint density at radius 3 is 2.62 bits per heavy atom. The minimum Gasteiger partial charge on any atom is -0.458 e. The monoisotopic (exact) mass is 364 g/mol. The Balaban J connectivity index is 2.52. The van der Waals surface area contributed by atoms with Crippen LogP contribution in [0.4, 0.5) is 0 Å². The molecule has 2 rings (SSSR count). The van der Waals surface area contributed by atoms with E-state index in [0.717, 1.165) is 0 Å². The fourth-order valence-electron chi connectivity index (χ4n) is 3.09. The summed E-state index contributed by atoms with van der Waals surface area (Å²) in [5.41, 5.74) is -1.23. The van der Waals surface area contributed by atoms with Crippen LogP contribution in [0.1, 0.15) is 33.6 Å². The normalized spacial score (nSPS) is 37.3. The zero-order valence-electron chi connectivity index (χ0n) is 15.2. The van der Waals surface area contributed by atoms with E-state index < -0.39 is 47.6 Å². The van der Waals surface area contributed by atoms with Crippen molar-refractivity contribution in [2.75, 3.05) is 0 Å². The van der Waals surface area contributed by atoms with Gasteiger partial charge in [0.2, 0.25) is 0 Å². The molecule has 1 heterocycles. The lowest BCUT2D eigenvalue weighted by molar-refractivity contribution is -0.156. The van der Waals surface area contributed by atoms with Crippen LogP contribution in [-0.2, 0) is 23.9 Å². The van der Waals surface area contributed by atoms with Crippen molar-refractivity contribution in [2.24, 2.45) is 5.92 Å². The van der Waals surface area contributed by atoms with Gasteiger partial charge in [0.15, 0.2) is 5.78 Å². The molecule has 1 saturated heterocycles. The fraction of sp³-hybridized carbons (Fsp3) is 0.526. The van der Waals surface area contributed by atoms with Gasteiger partial charge >= 0.3 is 11.9 Å². The van der Waals surface area contributed by atoms with Gasteiger partial charge in [-0.2, -0.15) is 0 Å². The first kappa shape index (κ1) is 20.1. The van der Waals surface area contributed by atoms with Crippen LogP contribution in [0.5, 0.6) is 0 Å². The first-order valence-corrected chi connectivity index (χ1v) is 8.32. The minimum atomic E-state index is -1.87. The third kappa shape index (κ3) is 3.94. The summed E-state index contributed by atoms with van der Waals surface area (Å²) >= 11 is 0. The second-order valence-corrected chi connectivity index (χ2v) is 7.18. The van der Waals surface area contributed by atoms with Crippen molar-refractivity contribution >= 4 is 17.7 Å². The molecule has 0 unspecified atom stereocenters. The van der Waals surface area contributed by atoms with Gasteiger partial charge in [-0.15, -0.1) is 0 Å². The van der Waals surface area contributed by atoms with E-state index in [-0.39, 0.29) is 24.0 Å². The van der Waals surface area contributed by atoms with Crippen LogP contribution in [0.25, 0.3) is 0 Å². The van der Waals surface area contributed by atoms with Crippen LogP contribution in [0, 0.1) is 5.92 Å². The molecule has 7 nitrogen and oxygen atoms in total. The van der Waals surface area contributed by atoms with Crippen molar-refractivity contribution < 1.29 is 34.1 Å². The Morgan fingerprint density at radius 2 is 2.04 bits per heavy atom. The highest BCUT2D eigenvalue weighted by Crippen LogP contribution is 2.37. The molecule has 1 aliphatic heterocycles. The van der Waals surface area contributed by atoms with E-state index in [1.54, 1.807) is 6.92 Å². The van der Waals surface area contributed by atoms with Crippen molar-refractivity contribution in [3.05, 3.63) is 36.0 Å². The average molecular weight is 364 g/mol. The van der Waals surface area contributed by atoms with Crippen LogP contribution in [0.15, 0.2) is 36.0 Å². The lowest BCUT2D eigenvalue weighted by Gasteiger charge is -2.33. The number of aliphatic hydroxyl groups excluding tert-OH is 1. The molecule has 2 N–H and O–H groups in total. The molecule has 7 heteroatoms. The number of esters is 2. The summed E-state index contributed by atoms with van der Waals surface area (Å²) in [6.07, 6.45) is -2.00. The molecule has 2 aliphatic rings. The van der Waals surface area contributed by atoms with Gasteiger partial charge in [-0.25, -0.2) is 9.59 Å². The summed E-state index contributed by atoms with van der Waals surface area (Å²) in [4.78, 5) is 36.5. The molecule has 142 valence electrons. The third-order valence-corrected chi connectivity index (χ3v) is 4.80. The molecule has 5 atom stereocenters. The lowest BCUT2D eigenvalue weighted by Crippen LogP contribution is -2.46. The largest absolute Gasteiger partial charge is 0.458 e. The first-order valence-electron chi connectivity index (χ1n) is 8.32. The van der Waals surface area contributed by atoms with E-state index in [2.05, 4.69) is 13.2 Å². The van der Waals surface area contributed by atoms with Gasteiger partial charge in [0, 0.05) is 24.0 Å². The Morgan fingerprint density at radius 1 is 1.42 bits per heavy atom. The van der Waals surface area contributed by atoms with E-state index in [9.17, 15) is 24.6 Å². The predicted molar refractivity (Wildman–Crippen MR) is 91.8 cm³/mol. The van der Waals surface area contributed by atoms with Crippen molar-refractivity contribution in [3.63, 3.8) is 0 Å². The Kier molecular flexibility index (Phi) is 5.53. The van der Waals surface area contributed by atoms with Gasteiger partial charge in [-0.1, -0.05) is 13.2 Å². The highest BCUT2D eigenvalue weighted by atomic mass is 16.6. The smallest absolute Gasteiger partial charge is 0.334 e. The quantitative estimate of drug-likeness (QED) is 0.427. The molecule has 1 fully saturated rings. The summed E-state index contributed by atoms with van der Waals surface area (Å²) in [5, 5.41) is 20.8. The molecule has 0 radical (unpaired) electrons. The van der Waals surface area contributed by atoms with Crippen molar-refractivity contribution in [2.45, 2.75) is 57.5 Å². The molecule has 0 amide bonds. The van der Waals surface area contributed by atoms with E-state index in [0.29, 0.717) is 5.57 Å². The van der Waals surface area contributed by atoms with Crippen LogP contribution in [-0.4, -0.2) is 51.8 Å². The van der Waals surface area contributed by atoms with Crippen LogP contribution in [0.3, 0.4) is 0 Å². The number of fused-ring (bicyclic) bond motifs is 1. The number of ether oxygens (including phenoxy) is 2. The fourth-order valence-corrected chi connectivity index (χ4v) is 3.09. The molecule has 0 aromatic rings. The second-order valence-electron chi connectivity index (χ2n) is 7.18. The Labute approximate surface area is 152 Å². The van der Waals surface area contributed by atoms with E-state index in [1.165, 1.54) is 19.9 Å². The number of aliphatic hydroxyl groups is 2. The molecule has 1 aliphatic carbocycles. The zero-order chi connectivity index (χ0) is 19.8. The number of hydrogen-bond acceptors (Lipinski definition) is 7. The summed E-state index contributed by atoms with van der Waals surface area (Å²) in [6, 6.07) is 0. The molecule has 0 saturated carbocycles. The molecular formula is C19H24O7. The molecule has 26 heavy (non-hydrogen) atoms. The van der Waals surface area contributed by atoms with Crippen molar-refractivity contribution in [3.8, 4) is 0 Å². The van der Waals surface area contributed by atoms with Gasteiger partial charge in [0.25, 0.3) is 0 Å². The summed E-state index contributed by atoms with van der Waals surface area (Å²) in [6.45, 7) is 11.6. The van der Waals surface area contributed by atoms with Gasteiger partial charge in [-0.3, -0.25) is 4.79 Å². The SMILES string of the molecule is C=C(C)C(=O)O[C@H]1C[C@@](C)(O)C(=O)C[C@H](O)/C(C)=C/[C@H]2OC(=O)C(=C)[C@H]12. The van der Waals surface area contributed by atoms with Gasteiger partial charge < -0.3 is 19.7 Å². The number of Topliss-reactive ketones (excluding diaryl/α,β-unsaturated/α-hetero) is 1. The highest BCUT2D eigenvalue weighted by Gasteiger charge is 2.48. The number of rotatable bonds is 2. The molecule has 0 bridgehead atoms. The molecule has 0 spiro atoms. The molecule has 0 aromatic heterocycles. The van der Waals surface area contributed by atoms with E-state index in [1.807, 2.05) is 0 Å². The Bertz CT molecular complexity index is 701. The number of hydrogen-bond donors (Lipinski definition) is 2.